The second kappa shape index (κ2) is 7.54. The molecule has 3 aromatic carbocycles. The van der Waals surface area contributed by atoms with Crippen LogP contribution in [0.15, 0.2) is 77.7 Å². The molecule has 1 amide bonds. The predicted octanol–water partition coefficient (Wildman–Crippen LogP) is 4.98. The zero-order valence-electron chi connectivity index (χ0n) is 14.0. The highest BCUT2D eigenvalue weighted by Crippen LogP contribution is 2.28. The number of fused-ring (bicyclic) bond motifs is 1. The van der Waals surface area contributed by atoms with Crippen LogP contribution in [0.5, 0.6) is 0 Å². The second-order valence-electron chi connectivity index (χ2n) is 5.95. The number of carbonyl (C=O) groups is 1. The van der Waals surface area contributed by atoms with Gasteiger partial charge in [-0.3, -0.25) is 4.79 Å². The topological polar surface area (TPSA) is 20.3 Å². The van der Waals surface area contributed by atoms with E-state index in [1.807, 2.05) is 56.4 Å². The molecule has 3 aromatic rings. The molecular formula is C21H21NOS. The van der Waals surface area contributed by atoms with E-state index in [2.05, 4.69) is 30.3 Å². The first kappa shape index (κ1) is 16.6. The van der Waals surface area contributed by atoms with Gasteiger partial charge in [0, 0.05) is 18.5 Å². The zero-order chi connectivity index (χ0) is 16.9. The molecule has 0 N–H and O–H groups in total. The Morgan fingerprint density at radius 2 is 1.62 bits per heavy atom. The van der Waals surface area contributed by atoms with Crippen LogP contribution in [0.2, 0.25) is 0 Å². The molecule has 24 heavy (non-hydrogen) atoms. The summed E-state index contributed by atoms with van der Waals surface area (Å²) < 4.78 is 0. The second-order valence-corrected chi connectivity index (χ2v) is 7.36. The number of hydrogen-bond donors (Lipinski definition) is 0. The molecule has 0 saturated heterocycles. The minimum Gasteiger partial charge on any atom is -0.340 e. The van der Waals surface area contributed by atoms with Crippen LogP contribution < -0.4 is 0 Å². The smallest absolute Gasteiger partial charge is 0.235 e. The Labute approximate surface area is 147 Å². The summed E-state index contributed by atoms with van der Waals surface area (Å²) in [4.78, 5) is 15.5. The Hall–Kier alpha value is -2.26. The molecule has 0 aliphatic rings. The van der Waals surface area contributed by atoms with Gasteiger partial charge in [0.25, 0.3) is 0 Å². The van der Waals surface area contributed by atoms with Gasteiger partial charge in [-0.25, -0.2) is 0 Å². The molecule has 122 valence electrons. The van der Waals surface area contributed by atoms with Crippen LogP contribution in [0.25, 0.3) is 10.8 Å². The van der Waals surface area contributed by atoms with Crippen molar-refractivity contribution in [1.82, 2.24) is 4.90 Å². The summed E-state index contributed by atoms with van der Waals surface area (Å²) in [6.07, 6.45) is 0. The first-order valence-electron chi connectivity index (χ1n) is 8.08. The normalized spacial score (nSPS) is 12.1. The van der Waals surface area contributed by atoms with Gasteiger partial charge in [-0.15, -0.1) is 11.8 Å². The van der Waals surface area contributed by atoms with Crippen molar-refractivity contribution in [3.63, 3.8) is 0 Å². The molecular weight excluding hydrogens is 314 g/mol. The number of amides is 1. The lowest BCUT2D eigenvalue weighted by Crippen LogP contribution is -2.32. The maximum Gasteiger partial charge on any atom is 0.235 e. The van der Waals surface area contributed by atoms with Gasteiger partial charge in [0.1, 0.15) is 0 Å². The molecule has 0 fully saturated rings. The summed E-state index contributed by atoms with van der Waals surface area (Å²) in [6, 6.07) is 24.7. The molecule has 3 rings (SSSR count). The third-order valence-electron chi connectivity index (χ3n) is 4.02. The molecule has 0 unspecified atom stereocenters. The molecule has 0 saturated carbocycles. The van der Waals surface area contributed by atoms with Crippen LogP contribution in [0.1, 0.15) is 12.5 Å². The maximum absolute atomic E-state index is 12.6. The standard InChI is InChI=1S/C21H21NOS/c1-16(21(23)22(2)15-17-8-4-3-5-9-17)24-20-13-12-18-10-6-7-11-19(18)14-20/h3-14,16H,15H2,1-2H3/t16-/m0/s1. The van der Waals surface area contributed by atoms with Crippen LogP contribution in [-0.2, 0) is 11.3 Å². The SMILES string of the molecule is C[C@H](Sc1ccc2ccccc2c1)C(=O)N(C)Cc1ccccc1. The molecule has 0 aliphatic heterocycles. The highest BCUT2D eigenvalue weighted by atomic mass is 32.2. The summed E-state index contributed by atoms with van der Waals surface area (Å²) in [5.74, 6) is 0.150. The van der Waals surface area contributed by atoms with E-state index in [0.29, 0.717) is 6.54 Å². The van der Waals surface area contributed by atoms with Crippen molar-refractivity contribution in [3.05, 3.63) is 78.4 Å². The highest BCUT2D eigenvalue weighted by Gasteiger charge is 2.18. The average molecular weight is 335 g/mol. The summed E-state index contributed by atoms with van der Waals surface area (Å²) in [6.45, 7) is 2.62. The van der Waals surface area contributed by atoms with Gasteiger partial charge >= 0.3 is 0 Å². The van der Waals surface area contributed by atoms with E-state index in [1.165, 1.54) is 10.8 Å². The molecule has 0 heterocycles. The summed E-state index contributed by atoms with van der Waals surface area (Å²) in [7, 11) is 1.87. The average Bonchev–Trinajstić information content (AvgIpc) is 2.61. The number of benzene rings is 3. The molecule has 2 nitrogen and oxygen atoms in total. The molecule has 0 aliphatic carbocycles. The van der Waals surface area contributed by atoms with Crippen LogP contribution >= 0.6 is 11.8 Å². The van der Waals surface area contributed by atoms with E-state index in [4.69, 9.17) is 0 Å². The fourth-order valence-electron chi connectivity index (χ4n) is 2.74. The maximum atomic E-state index is 12.6. The predicted molar refractivity (Wildman–Crippen MR) is 102 cm³/mol. The van der Waals surface area contributed by atoms with Gasteiger partial charge < -0.3 is 4.90 Å². The first-order valence-corrected chi connectivity index (χ1v) is 8.96. The van der Waals surface area contributed by atoms with Crippen LogP contribution in [0.4, 0.5) is 0 Å². The van der Waals surface area contributed by atoms with Crippen LogP contribution in [-0.4, -0.2) is 23.1 Å². The van der Waals surface area contributed by atoms with Gasteiger partial charge in [0.15, 0.2) is 0 Å². The van der Waals surface area contributed by atoms with Gasteiger partial charge in [-0.05, 0) is 35.4 Å². The third kappa shape index (κ3) is 3.98. The van der Waals surface area contributed by atoms with E-state index >= 15 is 0 Å². The minimum atomic E-state index is -0.111. The third-order valence-corrected chi connectivity index (χ3v) is 5.10. The van der Waals surface area contributed by atoms with Crippen molar-refractivity contribution in [3.8, 4) is 0 Å². The number of hydrogen-bond acceptors (Lipinski definition) is 2. The fourth-order valence-corrected chi connectivity index (χ4v) is 3.77. The summed E-state index contributed by atoms with van der Waals surface area (Å²) in [5, 5.41) is 2.32. The lowest BCUT2D eigenvalue weighted by molar-refractivity contribution is -0.129. The quantitative estimate of drug-likeness (QED) is 0.613. The molecule has 0 radical (unpaired) electrons. The summed E-state index contributed by atoms with van der Waals surface area (Å²) >= 11 is 1.61. The van der Waals surface area contributed by atoms with E-state index < -0.39 is 0 Å². The van der Waals surface area contributed by atoms with Gasteiger partial charge in [-0.2, -0.15) is 0 Å². The monoisotopic (exact) mass is 335 g/mol. The van der Waals surface area contributed by atoms with Crippen molar-refractivity contribution in [1.29, 1.82) is 0 Å². The molecule has 0 spiro atoms. The number of nitrogens with zero attached hydrogens (tertiary/aromatic N) is 1. The molecule has 0 bridgehead atoms. The van der Waals surface area contributed by atoms with Crippen molar-refractivity contribution in [2.45, 2.75) is 23.6 Å². The van der Waals surface area contributed by atoms with Gasteiger partial charge in [-0.1, -0.05) is 60.7 Å². The van der Waals surface area contributed by atoms with Gasteiger partial charge in [0.2, 0.25) is 5.91 Å². The summed E-state index contributed by atoms with van der Waals surface area (Å²) in [5.41, 5.74) is 1.15. The highest BCUT2D eigenvalue weighted by molar-refractivity contribution is 8.00. The van der Waals surface area contributed by atoms with E-state index in [1.54, 1.807) is 16.7 Å². The molecule has 3 heteroatoms. The number of carbonyl (C=O) groups excluding carboxylic acids is 1. The molecule has 1 atom stereocenters. The van der Waals surface area contributed by atoms with Crippen LogP contribution in [0.3, 0.4) is 0 Å². The Balaban J connectivity index is 1.66. The zero-order valence-corrected chi connectivity index (χ0v) is 14.8. The minimum absolute atomic E-state index is 0.111. The van der Waals surface area contributed by atoms with E-state index in [-0.39, 0.29) is 11.2 Å². The van der Waals surface area contributed by atoms with E-state index in [0.717, 1.165) is 10.5 Å². The fraction of sp³-hybridized carbons (Fsp3) is 0.190. The van der Waals surface area contributed by atoms with Crippen LogP contribution in [0, 0.1) is 0 Å². The van der Waals surface area contributed by atoms with E-state index in [9.17, 15) is 4.79 Å². The lowest BCUT2D eigenvalue weighted by atomic mass is 10.1. The Bertz CT molecular complexity index is 831. The van der Waals surface area contributed by atoms with Crippen molar-refractivity contribution >= 4 is 28.4 Å². The Kier molecular flexibility index (Phi) is 5.21. The van der Waals surface area contributed by atoms with Gasteiger partial charge in [0.05, 0.1) is 5.25 Å². The Morgan fingerprint density at radius 3 is 2.38 bits per heavy atom. The number of rotatable bonds is 5. The van der Waals surface area contributed by atoms with Crippen molar-refractivity contribution in [2.75, 3.05) is 7.05 Å². The lowest BCUT2D eigenvalue weighted by Gasteiger charge is -2.21. The Morgan fingerprint density at radius 1 is 0.958 bits per heavy atom. The largest absolute Gasteiger partial charge is 0.340 e. The van der Waals surface area contributed by atoms with Crippen molar-refractivity contribution < 1.29 is 4.79 Å². The first-order chi connectivity index (χ1) is 11.6. The number of thioether (sulfide) groups is 1. The van der Waals surface area contributed by atoms with Crippen molar-refractivity contribution in [2.24, 2.45) is 0 Å². The molecule has 0 aromatic heterocycles.